The first-order chi connectivity index (χ1) is 12.8. The molecule has 0 saturated carbocycles. The van der Waals surface area contributed by atoms with Crippen molar-refractivity contribution in [1.29, 1.82) is 0 Å². The van der Waals surface area contributed by atoms with Gasteiger partial charge in [-0.25, -0.2) is 4.98 Å². The normalized spacial score (nSPS) is 12.9. The molecule has 0 saturated heterocycles. The summed E-state index contributed by atoms with van der Waals surface area (Å²) in [4.78, 5) is 19.1. The Hall–Kier alpha value is -2.06. The minimum absolute atomic E-state index is 0.0625. The molecule has 0 unspecified atom stereocenters. The molecular weight excluding hydrogens is 393 g/mol. The van der Waals surface area contributed by atoms with E-state index >= 15 is 0 Å². The molecule has 3 aromatic rings. The van der Waals surface area contributed by atoms with E-state index in [9.17, 15) is 18.0 Å². The minimum Gasteiger partial charge on any atom is -0.336 e. The van der Waals surface area contributed by atoms with E-state index in [1.165, 1.54) is 17.4 Å². The van der Waals surface area contributed by atoms with Gasteiger partial charge in [0, 0.05) is 11.9 Å². The summed E-state index contributed by atoms with van der Waals surface area (Å²) in [6.45, 7) is 1.89. The van der Waals surface area contributed by atoms with Gasteiger partial charge in [-0.1, -0.05) is 18.2 Å². The molecule has 0 aliphatic heterocycles. The first-order valence-electron chi connectivity index (χ1n) is 8.17. The number of nitrogens with zero attached hydrogens (tertiary/aromatic N) is 2. The van der Waals surface area contributed by atoms with E-state index in [0.717, 1.165) is 39.1 Å². The fraction of sp³-hybridized carbons (Fsp3) is 0.263. The summed E-state index contributed by atoms with van der Waals surface area (Å²) >= 11 is 2.63. The molecule has 0 bridgehead atoms. The second-order valence-electron chi connectivity index (χ2n) is 6.01. The molecule has 1 amide bonds. The molecule has 27 heavy (non-hydrogen) atoms. The van der Waals surface area contributed by atoms with Gasteiger partial charge in [0.05, 0.1) is 27.6 Å². The van der Waals surface area contributed by atoms with Crippen molar-refractivity contribution in [2.45, 2.75) is 24.0 Å². The van der Waals surface area contributed by atoms with Gasteiger partial charge in [-0.05, 0) is 37.3 Å². The van der Waals surface area contributed by atoms with Gasteiger partial charge in [-0.15, -0.1) is 23.1 Å². The smallest absolute Gasteiger partial charge is 0.336 e. The number of para-hydroxylation sites is 1. The molecule has 1 aromatic heterocycles. The van der Waals surface area contributed by atoms with E-state index < -0.39 is 11.7 Å². The lowest BCUT2D eigenvalue weighted by Crippen LogP contribution is -2.31. The van der Waals surface area contributed by atoms with Crippen LogP contribution in [0.5, 0.6) is 0 Å². The number of halogens is 3. The van der Waals surface area contributed by atoms with Crippen LogP contribution in [0.1, 0.15) is 23.5 Å². The summed E-state index contributed by atoms with van der Waals surface area (Å²) in [5.74, 6) is -0.100. The Morgan fingerprint density at radius 2 is 1.96 bits per heavy atom. The van der Waals surface area contributed by atoms with Crippen LogP contribution in [0.2, 0.25) is 0 Å². The molecule has 0 spiro atoms. The van der Waals surface area contributed by atoms with Crippen molar-refractivity contribution in [3.63, 3.8) is 0 Å². The number of benzene rings is 2. The lowest BCUT2D eigenvalue weighted by Gasteiger charge is -2.23. The number of thioether (sulfide) groups is 1. The average molecular weight is 410 g/mol. The number of aromatic nitrogens is 1. The highest BCUT2D eigenvalue weighted by Crippen LogP contribution is 2.33. The van der Waals surface area contributed by atoms with E-state index in [2.05, 4.69) is 4.98 Å². The first-order valence-corrected chi connectivity index (χ1v) is 9.97. The minimum atomic E-state index is -4.39. The van der Waals surface area contributed by atoms with Crippen LogP contribution in [0.25, 0.3) is 10.2 Å². The van der Waals surface area contributed by atoms with Crippen LogP contribution < -0.4 is 0 Å². The van der Waals surface area contributed by atoms with Crippen LogP contribution in [-0.4, -0.2) is 28.6 Å². The Morgan fingerprint density at radius 3 is 2.67 bits per heavy atom. The number of fused-ring (bicyclic) bond motifs is 1. The monoisotopic (exact) mass is 410 g/mol. The number of thiazole rings is 1. The van der Waals surface area contributed by atoms with Gasteiger partial charge in [0.1, 0.15) is 5.01 Å². The average Bonchev–Trinajstić information content (AvgIpc) is 3.08. The summed E-state index contributed by atoms with van der Waals surface area (Å²) in [7, 11) is 1.69. The van der Waals surface area contributed by atoms with Crippen molar-refractivity contribution in [3.8, 4) is 0 Å². The van der Waals surface area contributed by atoms with Gasteiger partial charge in [0.15, 0.2) is 0 Å². The maximum absolute atomic E-state index is 12.8. The van der Waals surface area contributed by atoms with Gasteiger partial charge in [-0.2, -0.15) is 13.2 Å². The second-order valence-corrected chi connectivity index (χ2v) is 8.13. The fourth-order valence-corrected chi connectivity index (χ4v) is 4.40. The van der Waals surface area contributed by atoms with Crippen molar-refractivity contribution in [3.05, 3.63) is 59.1 Å². The SMILES string of the molecule is C[C@H](c1nc2ccccc2s1)N(C)C(=O)CSc1cccc(C(F)(F)F)c1. The fourth-order valence-electron chi connectivity index (χ4n) is 2.46. The zero-order chi connectivity index (χ0) is 19.6. The zero-order valence-electron chi connectivity index (χ0n) is 14.7. The molecule has 0 aliphatic carbocycles. The van der Waals surface area contributed by atoms with Crippen molar-refractivity contribution in [1.82, 2.24) is 9.88 Å². The van der Waals surface area contributed by atoms with Gasteiger partial charge >= 0.3 is 6.18 Å². The van der Waals surface area contributed by atoms with Gasteiger partial charge in [0.2, 0.25) is 5.91 Å². The summed E-state index contributed by atoms with van der Waals surface area (Å²) in [5.41, 5.74) is 0.180. The first kappa shape index (κ1) is 19.7. The maximum Gasteiger partial charge on any atom is 0.416 e. The number of hydrogen-bond donors (Lipinski definition) is 0. The Labute approximate surface area is 163 Å². The molecule has 1 heterocycles. The molecule has 0 fully saturated rings. The number of alkyl halides is 3. The van der Waals surface area contributed by atoms with Crippen LogP contribution in [0.3, 0.4) is 0 Å². The van der Waals surface area contributed by atoms with E-state index in [4.69, 9.17) is 0 Å². The zero-order valence-corrected chi connectivity index (χ0v) is 16.3. The van der Waals surface area contributed by atoms with Gasteiger partial charge < -0.3 is 4.90 Å². The third-order valence-corrected chi connectivity index (χ3v) is 6.35. The van der Waals surface area contributed by atoms with E-state index in [-0.39, 0.29) is 17.7 Å². The molecule has 1 atom stereocenters. The predicted molar refractivity (Wildman–Crippen MR) is 103 cm³/mol. The second kappa shape index (κ2) is 7.90. The summed E-state index contributed by atoms with van der Waals surface area (Å²) in [5, 5.41) is 0.830. The molecule has 8 heteroatoms. The van der Waals surface area contributed by atoms with Crippen molar-refractivity contribution >= 4 is 39.2 Å². The quantitative estimate of drug-likeness (QED) is 0.512. The molecule has 2 aromatic carbocycles. The topological polar surface area (TPSA) is 33.2 Å². The molecule has 3 nitrogen and oxygen atoms in total. The number of hydrogen-bond acceptors (Lipinski definition) is 4. The van der Waals surface area contributed by atoms with Crippen LogP contribution in [0, 0.1) is 0 Å². The van der Waals surface area contributed by atoms with Crippen LogP contribution in [-0.2, 0) is 11.0 Å². The van der Waals surface area contributed by atoms with Crippen LogP contribution in [0.15, 0.2) is 53.4 Å². The maximum atomic E-state index is 12.8. The summed E-state index contributed by atoms with van der Waals surface area (Å²) < 4.78 is 39.4. The Bertz CT molecular complexity index is 922. The Balaban J connectivity index is 1.65. The van der Waals surface area contributed by atoms with E-state index in [1.807, 2.05) is 31.2 Å². The van der Waals surface area contributed by atoms with Crippen LogP contribution >= 0.6 is 23.1 Å². The highest BCUT2D eigenvalue weighted by atomic mass is 32.2. The van der Waals surface area contributed by atoms with Gasteiger partial charge in [-0.3, -0.25) is 4.79 Å². The van der Waals surface area contributed by atoms with E-state index in [1.54, 1.807) is 18.0 Å². The number of carbonyl (C=O) groups is 1. The Kier molecular flexibility index (Phi) is 5.76. The Morgan fingerprint density at radius 1 is 1.22 bits per heavy atom. The molecule has 3 rings (SSSR count). The summed E-state index contributed by atoms with van der Waals surface area (Å²) in [6.07, 6.45) is -4.39. The highest BCUT2D eigenvalue weighted by Gasteiger charge is 2.30. The lowest BCUT2D eigenvalue weighted by molar-refractivity contribution is -0.137. The highest BCUT2D eigenvalue weighted by molar-refractivity contribution is 8.00. The van der Waals surface area contributed by atoms with Gasteiger partial charge in [0.25, 0.3) is 0 Å². The van der Waals surface area contributed by atoms with E-state index in [0.29, 0.717) is 4.90 Å². The molecule has 0 aliphatic rings. The molecule has 0 radical (unpaired) electrons. The third kappa shape index (κ3) is 4.62. The molecule has 0 N–H and O–H groups in total. The lowest BCUT2D eigenvalue weighted by atomic mass is 10.2. The summed E-state index contributed by atoms with van der Waals surface area (Å²) in [6, 6.07) is 12.6. The number of amides is 1. The number of rotatable bonds is 5. The third-order valence-electron chi connectivity index (χ3n) is 4.17. The van der Waals surface area contributed by atoms with Crippen molar-refractivity contribution in [2.24, 2.45) is 0 Å². The predicted octanol–water partition coefficient (Wildman–Crippen LogP) is 5.63. The standard InChI is InChI=1S/C19H17F3N2OS2/c1-12(18-23-15-8-3-4-9-16(15)27-18)24(2)17(25)11-26-14-7-5-6-13(10-14)19(20,21)22/h3-10,12H,11H2,1-2H3/t12-/m1/s1. The molecule has 142 valence electrons. The largest absolute Gasteiger partial charge is 0.416 e. The number of carbonyl (C=O) groups excluding carboxylic acids is 1. The van der Waals surface area contributed by atoms with Crippen LogP contribution in [0.4, 0.5) is 13.2 Å². The van der Waals surface area contributed by atoms with Crippen molar-refractivity contribution in [2.75, 3.05) is 12.8 Å². The molecular formula is C19H17F3N2OS2. The van der Waals surface area contributed by atoms with Crippen molar-refractivity contribution < 1.29 is 18.0 Å².